The molecule has 1 aromatic heterocycles. The molecular formula is C15H20ClIN4OS. The average molecular weight is 467 g/mol. The zero-order valence-corrected chi connectivity index (χ0v) is 17.1. The lowest BCUT2D eigenvalue weighted by molar-refractivity contribution is 0.415. The van der Waals surface area contributed by atoms with Gasteiger partial charge in [0.15, 0.2) is 5.96 Å². The number of nitrogens with zero attached hydrogens (tertiary/aromatic N) is 2. The maximum Gasteiger partial charge on any atom is 0.193 e. The highest BCUT2D eigenvalue weighted by Crippen LogP contribution is 2.27. The molecule has 0 aliphatic rings. The van der Waals surface area contributed by atoms with Gasteiger partial charge in [0.25, 0.3) is 0 Å². The first-order chi connectivity index (χ1) is 10.5. The van der Waals surface area contributed by atoms with Crippen molar-refractivity contribution in [1.82, 2.24) is 4.98 Å². The number of ether oxygens (including phenoxy) is 1. The van der Waals surface area contributed by atoms with Crippen LogP contribution < -0.4 is 15.8 Å². The predicted octanol–water partition coefficient (Wildman–Crippen LogP) is 4.47. The predicted molar refractivity (Wildman–Crippen MR) is 109 cm³/mol. The number of rotatable bonds is 5. The van der Waals surface area contributed by atoms with Crippen LogP contribution in [0.4, 0.5) is 5.69 Å². The number of nitrogens with one attached hydrogen (secondary N) is 1. The van der Waals surface area contributed by atoms with E-state index in [4.69, 9.17) is 22.1 Å². The number of nitrogens with two attached hydrogens (primary N) is 1. The van der Waals surface area contributed by atoms with Gasteiger partial charge >= 0.3 is 0 Å². The fourth-order valence-electron chi connectivity index (χ4n) is 1.76. The van der Waals surface area contributed by atoms with Gasteiger partial charge in [0, 0.05) is 17.0 Å². The van der Waals surface area contributed by atoms with E-state index in [1.807, 2.05) is 11.4 Å². The largest absolute Gasteiger partial charge is 0.495 e. The van der Waals surface area contributed by atoms with E-state index in [0.29, 0.717) is 29.2 Å². The third-order valence-electron chi connectivity index (χ3n) is 2.90. The summed E-state index contributed by atoms with van der Waals surface area (Å²) in [5.74, 6) is 1.37. The number of aromatic nitrogens is 1. The van der Waals surface area contributed by atoms with Crippen molar-refractivity contribution in [3.8, 4) is 5.75 Å². The highest BCUT2D eigenvalue weighted by Gasteiger charge is 2.06. The maximum atomic E-state index is 6.06. The van der Waals surface area contributed by atoms with Crippen LogP contribution in [-0.2, 0) is 6.54 Å². The molecule has 0 spiro atoms. The molecule has 2 rings (SSSR count). The molecule has 0 unspecified atom stereocenters. The molecule has 0 fully saturated rings. The molecular weight excluding hydrogens is 447 g/mol. The fourth-order valence-corrected chi connectivity index (χ4v) is 2.84. The summed E-state index contributed by atoms with van der Waals surface area (Å²) in [6.07, 6.45) is 0. The van der Waals surface area contributed by atoms with Gasteiger partial charge in [0.1, 0.15) is 5.75 Å². The molecule has 8 heteroatoms. The third-order valence-corrected chi connectivity index (χ3v) is 4.39. The van der Waals surface area contributed by atoms with E-state index in [1.165, 1.54) is 0 Å². The van der Waals surface area contributed by atoms with Crippen LogP contribution in [0.25, 0.3) is 0 Å². The topological polar surface area (TPSA) is 72.5 Å². The Morgan fingerprint density at radius 1 is 1.48 bits per heavy atom. The molecule has 1 heterocycles. The summed E-state index contributed by atoms with van der Waals surface area (Å²) >= 11 is 7.71. The fraction of sp³-hybridized carbons (Fsp3) is 0.333. The second-order valence-corrected chi connectivity index (χ2v) is 6.30. The van der Waals surface area contributed by atoms with Gasteiger partial charge < -0.3 is 15.8 Å². The highest BCUT2D eigenvalue weighted by molar-refractivity contribution is 14.0. The van der Waals surface area contributed by atoms with Gasteiger partial charge in [0.2, 0.25) is 0 Å². The lowest BCUT2D eigenvalue weighted by Crippen LogP contribution is -2.22. The number of hydrogen-bond acceptors (Lipinski definition) is 4. The first kappa shape index (κ1) is 20.0. The van der Waals surface area contributed by atoms with Crippen LogP contribution in [0.1, 0.15) is 30.5 Å². The first-order valence-corrected chi connectivity index (χ1v) is 8.10. The number of hydrogen-bond donors (Lipinski definition) is 2. The summed E-state index contributed by atoms with van der Waals surface area (Å²) in [4.78, 5) is 8.80. The first-order valence-electron chi connectivity index (χ1n) is 6.84. The van der Waals surface area contributed by atoms with Crippen LogP contribution >= 0.6 is 46.9 Å². The van der Waals surface area contributed by atoms with Crippen molar-refractivity contribution in [1.29, 1.82) is 0 Å². The standard InChI is InChI=1S/C15H19ClN4OS.HI/c1-9(2)14-19-11(8-22-14)7-18-15(17)20-10-4-5-13(21-3)12(16)6-10;/h4-6,8-9H,7H2,1-3H3,(H3,17,18,20);1H. The molecule has 0 bridgehead atoms. The van der Waals surface area contributed by atoms with Gasteiger partial charge in [-0.15, -0.1) is 35.3 Å². The van der Waals surface area contributed by atoms with Crippen molar-refractivity contribution in [3.63, 3.8) is 0 Å². The molecule has 5 nitrogen and oxygen atoms in total. The Kier molecular flexibility index (Phi) is 8.07. The van der Waals surface area contributed by atoms with Crippen LogP contribution in [0.2, 0.25) is 5.02 Å². The summed E-state index contributed by atoms with van der Waals surface area (Å²) < 4.78 is 5.10. The van der Waals surface area contributed by atoms with Crippen LogP contribution in [0.5, 0.6) is 5.75 Å². The molecule has 0 radical (unpaired) electrons. The van der Waals surface area contributed by atoms with E-state index in [2.05, 4.69) is 29.1 Å². The van der Waals surface area contributed by atoms with E-state index < -0.39 is 0 Å². The summed E-state index contributed by atoms with van der Waals surface area (Å²) in [6.45, 7) is 4.69. The van der Waals surface area contributed by atoms with E-state index in [0.717, 1.165) is 16.4 Å². The minimum atomic E-state index is 0. The molecule has 0 aliphatic heterocycles. The van der Waals surface area contributed by atoms with Gasteiger partial charge in [0.05, 0.1) is 29.4 Å². The monoisotopic (exact) mass is 466 g/mol. The minimum Gasteiger partial charge on any atom is -0.495 e. The van der Waals surface area contributed by atoms with Gasteiger partial charge in [-0.3, -0.25) is 0 Å². The number of guanidine groups is 1. The molecule has 0 saturated carbocycles. The van der Waals surface area contributed by atoms with Crippen molar-refractivity contribution >= 4 is 58.6 Å². The van der Waals surface area contributed by atoms with E-state index >= 15 is 0 Å². The number of benzene rings is 1. The van der Waals surface area contributed by atoms with E-state index in [1.54, 1.807) is 30.6 Å². The third kappa shape index (κ3) is 5.82. The molecule has 23 heavy (non-hydrogen) atoms. The zero-order chi connectivity index (χ0) is 16.1. The number of methoxy groups -OCH3 is 1. The maximum absolute atomic E-state index is 6.06. The van der Waals surface area contributed by atoms with Crippen molar-refractivity contribution in [2.45, 2.75) is 26.3 Å². The quantitative estimate of drug-likeness (QED) is 0.387. The van der Waals surface area contributed by atoms with Crippen LogP contribution in [-0.4, -0.2) is 18.1 Å². The molecule has 0 saturated heterocycles. The molecule has 0 atom stereocenters. The van der Waals surface area contributed by atoms with E-state index in [-0.39, 0.29) is 24.0 Å². The summed E-state index contributed by atoms with van der Waals surface area (Å²) in [7, 11) is 1.57. The van der Waals surface area contributed by atoms with Crippen molar-refractivity contribution in [3.05, 3.63) is 39.3 Å². The van der Waals surface area contributed by atoms with Gasteiger partial charge in [-0.05, 0) is 18.2 Å². The van der Waals surface area contributed by atoms with Crippen LogP contribution in [0.15, 0.2) is 28.6 Å². The summed E-state index contributed by atoms with van der Waals surface area (Å²) in [5.41, 5.74) is 7.56. The molecule has 0 amide bonds. The molecule has 1 aromatic carbocycles. The number of anilines is 1. The number of thiazole rings is 1. The Balaban J connectivity index is 0.00000264. The van der Waals surface area contributed by atoms with Gasteiger partial charge in [-0.25, -0.2) is 9.98 Å². The Morgan fingerprint density at radius 3 is 2.78 bits per heavy atom. The van der Waals surface area contributed by atoms with Crippen LogP contribution in [0.3, 0.4) is 0 Å². The van der Waals surface area contributed by atoms with Crippen molar-refractivity contribution in [2.75, 3.05) is 12.4 Å². The normalized spacial score (nSPS) is 11.3. The molecule has 2 aromatic rings. The van der Waals surface area contributed by atoms with E-state index in [9.17, 15) is 0 Å². The molecule has 3 N–H and O–H groups in total. The number of halogens is 2. The second-order valence-electron chi connectivity index (χ2n) is 5.01. The summed E-state index contributed by atoms with van der Waals surface area (Å²) in [6, 6.07) is 5.34. The average Bonchev–Trinajstić information content (AvgIpc) is 2.94. The molecule has 0 aliphatic carbocycles. The van der Waals surface area contributed by atoms with Gasteiger partial charge in [-0.1, -0.05) is 25.4 Å². The lowest BCUT2D eigenvalue weighted by atomic mass is 10.2. The zero-order valence-electron chi connectivity index (χ0n) is 13.2. The Labute approximate surface area is 162 Å². The smallest absolute Gasteiger partial charge is 0.193 e. The Bertz CT molecular complexity index is 675. The Hall–Kier alpha value is -1.06. The van der Waals surface area contributed by atoms with Crippen LogP contribution in [0, 0.1) is 0 Å². The lowest BCUT2D eigenvalue weighted by Gasteiger charge is -2.08. The number of aliphatic imine (C=N–C) groups is 1. The second kappa shape index (κ2) is 9.29. The summed E-state index contributed by atoms with van der Waals surface area (Å²) in [5, 5.41) is 6.63. The minimum absolute atomic E-state index is 0. The van der Waals surface area contributed by atoms with Gasteiger partial charge in [-0.2, -0.15) is 0 Å². The molecule has 126 valence electrons. The SMILES string of the molecule is COc1ccc(NC(N)=NCc2csc(C(C)C)n2)cc1Cl.I. The van der Waals surface area contributed by atoms with Crippen molar-refractivity contribution < 1.29 is 4.74 Å². The highest BCUT2D eigenvalue weighted by atomic mass is 127. The Morgan fingerprint density at radius 2 is 2.22 bits per heavy atom. The van der Waals surface area contributed by atoms with Crippen molar-refractivity contribution in [2.24, 2.45) is 10.7 Å².